The molecule has 1 N–H and O–H groups in total. The van der Waals surface area contributed by atoms with Gasteiger partial charge in [0.15, 0.2) is 0 Å². The Kier molecular flexibility index (Phi) is 3.62. The van der Waals surface area contributed by atoms with Crippen LogP contribution >= 0.6 is 11.3 Å². The number of nitrogens with zero attached hydrogens (tertiary/aromatic N) is 2. The summed E-state index contributed by atoms with van der Waals surface area (Å²) in [5.41, 5.74) is 0.304. The Morgan fingerprint density at radius 3 is 2.85 bits per heavy atom. The predicted molar refractivity (Wildman–Crippen MR) is 76.9 cm³/mol. The van der Waals surface area contributed by atoms with Crippen LogP contribution in [0.5, 0.6) is 0 Å². The lowest BCUT2D eigenvalue weighted by atomic mass is 10.1. The van der Waals surface area contributed by atoms with Crippen molar-refractivity contribution in [2.75, 3.05) is 0 Å². The van der Waals surface area contributed by atoms with E-state index < -0.39 is 11.9 Å². The Bertz CT molecular complexity index is 693. The molecule has 20 heavy (non-hydrogen) atoms. The SMILES string of the molecule is OC(Cn1ccnc1-c1cccs1)c1ccccc1F. The number of rotatable bonds is 4. The number of thiophene rings is 1. The Morgan fingerprint density at radius 2 is 2.10 bits per heavy atom. The second-order valence-corrected chi connectivity index (χ2v) is 5.37. The van der Waals surface area contributed by atoms with E-state index in [0.717, 1.165) is 10.7 Å². The summed E-state index contributed by atoms with van der Waals surface area (Å²) in [4.78, 5) is 5.32. The van der Waals surface area contributed by atoms with Gasteiger partial charge < -0.3 is 9.67 Å². The first-order valence-electron chi connectivity index (χ1n) is 6.23. The number of halogens is 1. The first-order chi connectivity index (χ1) is 9.75. The number of imidazole rings is 1. The van der Waals surface area contributed by atoms with Crippen molar-refractivity contribution in [3.05, 3.63) is 65.6 Å². The summed E-state index contributed by atoms with van der Waals surface area (Å²) in [6.07, 6.45) is 2.58. The van der Waals surface area contributed by atoms with Gasteiger partial charge in [-0.1, -0.05) is 24.3 Å². The molecule has 0 saturated heterocycles. The highest BCUT2D eigenvalue weighted by Crippen LogP contribution is 2.25. The molecule has 0 aliphatic rings. The molecule has 0 amide bonds. The lowest BCUT2D eigenvalue weighted by molar-refractivity contribution is 0.152. The van der Waals surface area contributed by atoms with Crippen molar-refractivity contribution >= 4 is 11.3 Å². The fourth-order valence-electron chi connectivity index (χ4n) is 2.12. The number of hydrogen-bond donors (Lipinski definition) is 1. The van der Waals surface area contributed by atoms with Gasteiger partial charge in [0.1, 0.15) is 11.6 Å². The zero-order chi connectivity index (χ0) is 13.9. The molecular weight excluding hydrogens is 275 g/mol. The highest BCUT2D eigenvalue weighted by Gasteiger charge is 2.15. The molecule has 5 heteroatoms. The molecule has 2 heterocycles. The van der Waals surface area contributed by atoms with Crippen molar-refractivity contribution in [3.63, 3.8) is 0 Å². The van der Waals surface area contributed by atoms with Gasteiger partial charge in [-0.15, -0.1) is 11.3 Å². The van der Waals surface area contributed by atoms with Gasteiger partial charge in [-0.05, 0) is 17.5 Å². The van der Waals surface area contributed by atoms with E-state index in [1.54, 1.807) is 41.9 Å². The molecule has 0 spiro atoms. The second kappa shape index (κ2) is 5.56. The first kappa shape index (κ1) is 13.0. The van der Waals surface area contributed by atoms with Crippen molar-refractivity contribution < 1.29 is 9.50 Å². The van der Waals surface area contributed by atoms with Gasteiger partial charge in [0.2, 0.25) is 0 Å². The first-order valence-corrected chi connectivity index (χ1v) is 7.11. The summed E-state index contributed by atoms with van der Waals surface area (Å²) in [7, 11) is 0. The van der Waals surface area contributed by atoms with Crippen molar-refractivity contribution in [1.29, 1.82) is 0 Å². The normalized spacial score (nSPS) is 12.5. The summed E-state index contributed by atoms with van der Waals surface area (Å²) < 4.78 is 15.5. The minimum atomic E-state index is -0.899. The third-order valence-corrected chi connectivity index (χ3v) is 3.96. The molecule has 0 aliphatic heterocycles. The summed E-state index contributed by atoms with van der Waals surface area (Å²) in [6.45, 7) is 0.272. The number of aromatic nitrogens is 2. The Hall–Kier alpha value is -1.98. The van der Waals surface area contributed by atoms with Gasteiger partial charge in [-0.3, -0.25) is 0 Å². The van der Waals surface area contributed by atoms with Gasteiger partial charge in [0.25, 0.3) is 0 Å². The molecule has 0 saturated carbocycles. The molecule has 102 valence electrons. The maximum atomic E-state index is 13.7. The fourth-order valence-corrected chi connectivity index (χ4v) is 2.85. The highest BCUT2D eigenvalue weighted by molar-refractivity contribution is 7.13. The van der Waals surface area contributed by atoms with Crippen LogP contribution in [0, 0.1) is 5.82 Å². The van der Waals surface area contributed by atoms with E-state index >= 15 is 0 Å². The van der Waals surface area contributed by atoms with Crippen molar-refractivity contribution in [2.45, 2.75) is 12.6 Å². The lowest BCUT2D eigenvalue weighted by Crippen LogP contribution is -2.10. The van der Waals surface area contributed by atoms with Crippen LogP contribution in [-0.4, -0.2) is 14.7 Å². The van der Waals surface area contributed by atoms with Gasteiger partial charge >= 0.3 is 0 Å². The van der Waals surface area contributed by atoms with Crippen LogP contribution in [0.15, 0.2) is 54.2 Å². The minimum absolute atomic E-state index is 0.272. The van der Waals surface area contributed by atoms with Gasteiger partial charge in [0, 0.05) is 18.0 Å². The van der Waals surface area contributed by atoms with E-state index in [4.69, 9.17) is 0 Å². The number of aliphatic hydroxyl groups is 1. The zero-order valence-electron chi connectivity index (χ0n) is 10.6. The van der Waals surface area contributed by atoms with Gasteiger partial charge in [-0.2, -0.15) is 0 Å². The maximum Gasteiger partial charge on any atom is 0.150 e. The molecule has 1 aromatic carbocycles. The number of aliphatic hydroxyl groups excluding tert-OH is 1. The third-order valence-electron chi connectivity index (χ3n) is 3.09. The molecule has 0 aliphatic carbocycles. The smallest absolute Gasteiger partial charge is 0.150 e. The number of hydrogen-bond acceptors (Lipinski definition) is 3. The second-order valence-electron chi connectivity index (χ2n) is 4.42. The lowest BCUT2D eigenvalue weighted by Gasteiger charge is -2.14. The molecule has 3 nitrogen and oxygen atoms in total. The van der Waals surface area contributed by atoms with Crippen molar-refractivity contribution in [2.24, 2.45) is 0 Å². The summed E-state index contributed by atoms with van der Waals surface area (Å²) in [5.74, 6) is 0.396. The largest absolute Gasteiger partial charge is 0.386 e. The minimum Gasteiger partial charge on any atom is -0.386 e. The van der Waals surface area contributed by atoms with Gasteiger partial charge in [-0.25, -0.2) is 9.37 Å². The topological polar surface area (TPSA) is 38.0 Å². The Morgan fingerprint density at radius 1 is 1.25 bits per heavy atom. The molecule has 1 atom stereocenters. The van der Waals surface area contributed by atoms with E-state index in [9.17, 15) is 9.50 Å². The third kappa shape index (κ3) is 2.50. The van der Waals surface area contributed by atoms with E-state index in [-0.39, 0.29) is 6.54 Å². The van der Waals surface area contributed by atoms with Crippen molar-refractivity contribution in [3.8, 4) is 10.7 Å². The molecule has 0 bridgehead atoms. The quantitative estimate of drug-likeness (QED) is 0.798. The van der Waals surface area contributed by atoms with Crippen LogP contribution in [0.25, 0.3) is 10.7 Å². The van der Waals surface area contributed by atoms with E-state index in [1.165, 1.54) is 6.07 Å². The average Bonchev–Trinajstić information content (AvgIpc) is 3.09. The molecule has 0 radical (unpaired) electrons. The van der Waals surface area contributed by atoms with E-state index in [1.807, 2.05) is 22.1 Å². The monoisotopic (exact) mass is 288 g/mol. The van der Waals surface area contributed by atoms with Crippen LogP contribution < -0.4 is 0 Å². The summed E-state index contributed by atoms with van der Waals surface area (Å²) >= 11 is 1.58. The number of benzene rings is 1. The fraction of sp³-hybridized carbons (Fsp3) is 0.133. The van der Waals surface area contributed by atoms with E-state index in [2.05, 4.69) is 4.98 Å². The Balaban J connectivity index is 1.86. The molecule has 2 aromatic heterocycles. The molecule has 3 rings (SSSR count). The van der Waals surface area contributed by atoms with E-state index in [0.29, 0.717) is 5.56 Å². The molecular formula is C15H13FN2OS. The van der Waals surface area contributed by atoms with Gasteiger partial charge in [0.05, 0.1) is 17.5 Å². The summed E-state index contributed by atoms with van der Waals surface area (Å²) in [5, 5.41) is 12.2. The van der Waals surface area contributed by atoms with Crippen LogP contribution in [0.2, 0.25) is 0 Å². The van der Waals surface area contributed by atoms with Crippen LogP contribution in [0.3, 0.4) is 0 Å². The van der Waals surface area contributed by atoms with Crippen LogP contribution in [0.1, 0.15) is 11.7 Å². The highest BCUT2D eigenvalue weighted by atomic mass is 32.1. The van der Waals surface area contributed by atoms with Crippen LogP contribution in [-0.2, 0) is 6.54 Å². The zero-order valence-corrected chi connectivity index (χ0v) is 11.4. The average molecular weight is 288 g/mol. The Labute approximate surface area is 120 Å². The maximum absolute atomic E-state index is 13.7. The standard InChI is InChI=1S/C15H13FN2OS/c16-12-5-2-1-4-11(12)13(19)10-18-8-7-17-15(18)14-6-3-9-20-14/h1-9,13,19H,10H2. The van der Waals surface area contributed by atoms with Crippen LogP contribution in [0.4, 0.5) is 4.39 Å². The molecule has 0 fully saturated rings. The molecule has 1 unspecified atom stereocenters. The van der Waals surface area contributed by atoms with Crippen molar-refractivity contribution in [1.82, 2.24) is 9.55 Å². The predicted octanol–water partition coefficient (Wildman–Crippen LogP) is 3.48. The summed E-state index contributed by atoms with van der Waals surface area (Å²) in [6, 6.07) is 10.2. The molecule has 3 aromatic rings.